The van der Waals surface area contributed by atoms with Crippen molar-refractivity contribution in [3.05, 3.63) is 0 Å². The third-order valence-electron chi connectivity index (χ3n) is 2.39. The maximum Gasteiger partial charge on any atom is 0.310 e. The molecule has 1 fully saturated rings. The SMILES string of the molecule is CC(C)(C)OC(=O)C1CCCC1C#N. The lowest BCUT2D eigenvalue weighted by Gasteiger charge is -2.22. The molecule has 0 spiro atoms. The van der Waals surface area contributed by atoms with E-state index in [1.165, 1.54) is 0 Å². The summed E-state index contributed by atoms with van der Waals surface area (Å²) in [5.41, 5.74) is -0.445. The molecule has 1 saturated carbocycles. The molecule has 78 valence electrons. The van der Waals surface area contributed by atoms with Crippen molar-refractivity contribution in [3.63, 3.8) is 0 Å². The van der Waals surface area contributed by atoms with E-state index in [-0.39, 0.29) is 17.8 Å². The van der Waals surface area contributed by atoms with Gasteiger partial charge >= 0.3 is 5.97 Å². The van der Waals surface area contributed by atoms with E-state index < -0.39 is 5.60 Å². The monoisotopic (exact) mass is 195 g/mol. The number of hydrogen-bond donors (Lipinski definition) is 0. The molecule has 14 heavy (non-hydrogen) atoms. The summed E-state index contributed by atoms with van der Waals surface area (Å²) < 4.78 is 5.26. The Morgan fingerprint density at radius 1 is 1.43 bits per heavy atom. The molecule has 0 radical (unpaired) electrons. The molecule has 3 nitrogen and oxygen atoms in total. The summed E-state index contributed by atoms with van der Waals surface area (Å²) in [6.45, 7) is 5.55. The maximum absolute atomic E-state index is 11.7. The lowest BCUT2D eigenvalue weighted by Crippen LogP contribution is -2.30. The van der Waals surface area contributed by atoms with Crippen LogP contribution < -0.4 is 0 Å². The van der Waals surface area contributed by atoms with E-state index in [0.717, 1.165) is 19.3 Å². The number of hydrogen-bond acceptors (Lipinski definition) is 3. The van der Waals surface area contributed by atoms with Crippen molar-refractivity contribution < 1.29 is 9.53 Å². The predicted octanol–water partition coefficient (Wildman–Crippen LogP) is 2.27. The second-order valence-corrected chi connectivity index (χ2v) is 4.81. The van der Waals surface area contributed by atoms with Gasteiger partial charge in [-0.1, -0.05) is 6.42 Å². The minimum Gasteiger partial charge on any atom is -0.460 e. The third-order valence-corrected chi connectivity index (χ3v) is 2.39. The second kappa shape index (κ2) is 4.00. The number of nitrogens with zero attached hydrogens (tertiary/aromatic N) is 1. The molecule has 0 aliphatic heterocycles. The van der Waals surface area contributed by atoms with Crippen LogP contribution in [0.5, 0.6) is 0 Å². The quantitative estimate of drug-likeness (QED) is 0.603. The van der Waals surface area contributed by atoms with Crippen LogP contribution in [0.4, 0.5) is 0 Å². The Morgan fingerprint density at radius 3 is 2.57 bits per heavy atom. The number of carbonyl (C=O) groups is 1. The van der Waals surface area contributed by atoms with Crippen LogP contribution in [0.2, 0.25) is 0 Å². The van der Waals surface area contributed by atoms with Crippen molar-refractivity contribution in [2.75, 3.05) is 0 Å². The van der Waals surface area contributed by atoms with Crippen molar-refractivity contribution in [3.8, 4) is 6.07 Å². The fourth-order valence-electron chi connectivity index (χ4n) is 1.77. The molecule has 1 aliphatic carbocycles. The van der Waals surface area contributed by atoms with E-state index in [1.807, 2.05) is 20.8 Å². The first kappa shape index (κ1) is 11.0. The molecular formula is C11H17NO2. The fraction of sp³-hybridized carbons (Fsp3) is 0.818. The van der Waals surface area contributed by atoms with Crippen LogP contribution in [-0.2, 0) is 9.53 Å². The van der Waals surface area contributed by atoms with Gasteiger partial charge in [-0.25, -0.2) is 0 Å². The highest BCUT2D eigenvalue weighted by molar-refractivity contribution is 5.74. The lowest BCUT2D eigenvalue weighted by molar-refractivity contribution is -0.160. The zero-order valence-corrected chi connectivity index (χ0v) is 9.04. The standard InChI is InChI=1S/C11H17NO2/c1-11(2,3)14-10(13)9-6-4-5-8(9)7-12/h8-9H,4-6H2,1-3H3. The minimum atomic E-state index is -0.445. The normalized spacial score (nSPS) is 27.0. The van der Waals surface area contributed by atoms with Crippen LogP contribution in [-0.4, -0.2) is 11.6 Å². The predicted molar refractivity (Wildman–Crippen MR) is 52.3 cm³/mol. The molecule has 0 aromatic rings. The Labute approximate surface area is 85.1 Å². The molecular weight excluding hydrogens is 178 g/mol. The molecule has 2 atom stereocenters. The van der Waals surface area contributed by atoms with Crippen LogP contribution in [0, 0.1) is 23.2 Å². The summed E-state index contributed by atoms with van der Waals surface area (Å²) in [4.78, 5) is 11.7. The first-order chi connectivity index (χ1) is 6.44. The van der Waals surface area contributed by atoms with Gasteiger partial charge in [-0.15, -0.1) is 0 Å². The largest absolute Gasteiger partial charge is 0.460 e. The van der Waals surface area contributed by atoms with E-state index >= 15 is 0 Å². The number of rotatable bonds is 1. The van der Waals surface area contributed by atoms with Gasteiger partial charge in [0.05, 0.1) is 17.9 Å². The van der Waals surface area contributed by atoms with Crippen molar-refractivity contribution in [2.24, 2.45) is 11.8 Å². The van der Waals surface area contributed by atoms with Gasteiger partial charge in [0.1, 0.15) is 5.60 Å². The number of carbonyl (C=O) groups excluding carboxylic acids is 1. The number of esters is 1. The van der Waals surface area contributed by atoms with Gasteiger partial charge in [0.15, 0.2) is 0 Å². The highest BCUT2D eigenvalue weighted by Gasteiger charge is 2.35. The summed E-state index contributed by atoms with van der Waals surface area (Å²) in [6, 6.07) is 2.18. The van der Waals surface area contributed by atoms with Gasteiger partial charge in [-0.05, 0) is 33.6 Å². The van der Waals surface area contributed by atoms with Crippen LogP contribution in [0.3, 0.4) is 0 Å². The Hall–Kier alpha value is -1.04. The molecule has 3 heteroatoms. The molecule has 0 heterocycles. The minimum absolute atomic E-state index is 0.134. The van der Waals surface area contributed by atoms with Crippen LogP contribution in [0.1, 0.15) is 40.0 Å². The molecule has 2 unspecified atom stereocenters. The summed E-state index contributed by atoms with van der Waals surface area (Å²) in [5, 5.41) is 8.83. The molecule has 0 aromatic carbocycles. The second-order valence-electron chi connectivity index (χ2n) is 4.81. The zero-order chi connectivity index (χ0) is 10.8. The Bertz CT molecular complexity index is 259. The van der Waals surface area contributed by atoms with Gasteiger partial charge in [0.2, 0.25) is 0 Å². The van der Waals surface area contributed by atoms with E-state index in [2.05, 4.69) is 6.07 Å². The van der Waals surface area contributed by atoms with Gasteiger partial charge < -0.3 is 4.74 Å². The molecule has 1 aliphatic rings. The molecule has 0 saturated heterocycles. The molecule has 0 amide bonds. The average molecular weight is 195 g/mol. The highest BCUT2D eigenvalue weighted by Crippen LogP contribution is 2.32. The molecule has 1 rings (SSSR count). The first-order valence-corrected chi connectivity index (χ1v) is 5.06. The van der Waals surface area contributed by atoms with Gasteiger partial charge in [0, 0.05) is 0 Å². The summed E-state index contributed by atoms with van der Waals surface area (Å²) in [5.74, 6) is -0.536. The summed E-state index contributed by atoms with van der Waals surface area (Å²) in [7, 11) is 0. The zero-order valence-electron chi connectivity index (χ0n) is 9.04. The Balaban J connectivity index is 2.57. The fourth-order valence-corrected chi connectivity index (χ4v) is 1.77. The van der Waals surface area contributed by atoms with Crippen LogP contribution >= 0.6 is 0 Å². The maximum atomic E-state index is 11.7. The van der Waals surface area contributed by atoms with E-state index in [4.69, 9.17) is 10.00 Å². The van der Waals surface area contributed by atoms with Gasteiger partial charge in [-0.3, -0.25) is 4.79 Å². The van der Waals surface area contributed by atoms with Crippen molar-refractivity contribution in [1.29, 1.82) is 5.26 Å². The number of ether oxygens (including phenoxy) is 1. The van der Waals surface area contributed by atoms with E-state index in [1.54, 1.807) is 0 Å². The van der Waals surface area contributed by atoms with Crippen molar-refractivity contribution in [1.82, 2.24) is 0 Å². The topological polar surface area (TPSA) is 50.1 Å². The Morgan fingerprint density at radius 2 is 2.07 bits per heavy atom. The summed E-state index contributed by atoms with van der Waals surface area (Å²) >= 11 is 0. The molecule has 0 aromatic heterocycles. The van der Waals surface area contributed by atoms with Crippen molar-refractivity contribution >= 4 is 5.97 Å². The third kappa shape index (κ3) is 2.73. The number of nitriles is 1. The van der Waals surface area contributed by atoms with E-state index in [9.17, 15) is 4.79 Å². The van der Waals surface area contributed by atoms with Gasteiger partial charge in [-0.2, -0.15) is 5.26 Å². The van der Waals surface area contributed by atoms with Crippen LogP contribution in [0.15, 0.2) is 0 Å². The van der Waals surface area contributed by atoms with E-state index in [0.29, 0.717) is 0 Å². The molecule has 0 bridgehead atoms. The average Bonchev–Trinajstić information content (AvgIpc) is 2.47. The molecule has 0 N–H and O–H groups in total. The lowest BCUT2D eigenvalue weighted by atomic mass is 9.97. The first-order valence-electron chi connectivity index (χ1n) is 5.06. The van der Waals surface area contributed by atoms with Crippen molar-refractivity contribution in [2.45, 2.75) is 45.6 Å². The Kier molecular flexibility index (Phi) is 3.15. The van der Waals surface area contributed by atoms with Gasteiger partial charge in [0.25, 0.3) is 0 Å². The summed E-state index contributed by atoms with van der Waals surface area (Å²) in [6.07, 6.45) is 2.59. The smallest absolute Gasteiger partial charge is 0.310 e. The van der Waals surface area contributed by atoms with Crippen LogP contribution in [0.25, 0.3) is 0 Å². The highest BCUT2D eigenvalue weighted by atomic mass is 16.6.